The van der Waals surface area contributed by atoms with Crippen LogP contribution in [-0.4, -0.2) is 17.7 Å². The molecule has 0 amide bonds. The number of benzene rings is 1. The Labute approximate surface area is 81.1 Å². The minimum Gasteiger partial charge on any atom is -0.490 e. The van der Waals surface area contributed by atoms with E-state index in [9.17, 15) is 9.18 Å². The van der Waals surface area contributed by atoms with E-state index >= 15 is 0 Å². The monoisotopic (exact) mass is 198 g/mol. The highest BCUT2D eigenvalue weighted by atomic mass is 19.1. The molecule has 0 aliphatic heterocycles. The quantitative estimate of drug-likeness (QED) is 0.810. The SMILES string of the molecule is CCOc1c(F)cc(C)cc1C(=O)O. The molecule has 0 unspecified atom stereocenters. The summed E-state index contributed by atoms with van der Waals surface area (Å²) in [5.74, 6) is -2.01. The van der Waals surface area contributed by atoms with Crippen LogP contribution in [0.4, 0.5) is 4.39 Å². The third-order valence-corrected chi connectivity index (χ3v) is 1.71. The molecule has 0 spiro atoms. The van der Waals surface area contributed by atoms with E-state index in [0.29, 0.717) is 5.56 Å². The second kappa shape index (κ2) is 4.09. The molecule has 0 fully saturated rings. The third kappa shape index (κ3) is 2.02. The van der Waals surface area contributed by atoms with Crippen LogP contribution in [0.15, 0.2) is 12.1 Å². The third-order valence-electron chi connectivity index (χ3n) is 1.71. The topological polar surface area (TPSA) is 46.5 Å². The van der Waals surface area contributed by atoms with Gasteiger partial charge in [-0.15, -0.1) is 0 Å². The molecule has 0 aromatic heterocycles. The minimum absolute atomic E-state index is 0.135. The molecule has 0 atom stereocenters. The number of aromatic carboxylic acids is 1. The van der Waals surface area contributed by atoms with Crippen LogP contribution in [0, 0.1) is 12.7 Å². The zero-order valence-electron chi connectivity index (χ0n) is 8.00. The van der Waals surface area contributed by atoms with Crippen LogP contribution in [0.25, 0.3) is 0 Å². The maximum absolute atomic E-state index is 13.3. The fraction of sp³-hybridized carbons (Fsp3) is 0.300. The lowest BCUT2D eigenvalue weighted by Crippen LogP contribution is -2.05. The Hall–Kier alpha value is -1.58. The van der Waals surface area contributed by atoms with Crippen molar-refractivity contribution in [3.63, 3.8) is 0 Å². The van der Waals surface area contributed by atoms with Gasteiger partial charge in [-0.25, -0.2) is 9.18 Å². The zero-order valence-corrected chi connectivity index (χ0v) is 8.00. The Bertz CT molecular complexity index is 361. The number of ether oxygens (including phenoxy) is 1. The number of aryl methyl sites for hydroxylation is 1. The molecule has 1 rings (SSSR count). The smallest absolute Gasteiger partial charge is 0.339 e. The van der Waals surface area contributed by atoms with E-state index in [2.05, 4.69) is 0 Å². The Balaban J connectivity index is 3.28. The number of carboxylic acids is 1. The number of carbonyl (C=O) groups is 1. The molecule has 0 saturated heterocycles. The first-order chi connectivity index (χ1) is 6.56. The Morgan fingerprint density at radius 3 is 2.71 bits per heavy atom. The molecule has 0 aliphatic rings. The Kier molecular flexibility index (Phi) is 3.06. The first kappa shape index (κ1) is 10.5. The predicted molar refractivity (Wildman–Crippen MR) is 49.3 cm³/mol. The van der Waals surface area contributed by atoms with Crippen LogP contribution in [0.5, 0.6) is 5.75 Å². The van der Waals surface area contributed by atoms with E-state index < -0.39 is 11.8 Å². The van der Waals surface area contributed by atoms with Gasteiger partial charge in [-0.2, -0.15) is 0 Å². The number of carboxylic acid groups (broad SMARTS) is 1. The lowest BCUT2D eigenvalue weighted by molar-refractivity contribution is 0.0691. The largest absolute Gasteiger partial charge is 0.490 e. The normalized spacial score (nSPS) is 9.93. The van der Waals surface area contributed by atoms with E-state index in [1.54, 1.807) is 13.8 Å². The number of rotatable bonds is 3. The highest BCUT2D eigenvalue weighted by Crippen LogP contribution is 2.24. The molecule has 0 heterocycles. The van der Waals surface area contributed by atoms with Crippen LogP contribution in [0.1, 0.15) is 22.8 Å². The molecule has 0 radical (unpaired) electrons. The molecule has 0 bridgehead atoms. The van der Waals surface area contributed by atoms with Gasteiger partial charge in [-0.3, -0.25) is 0 Å². The molecule has 1 N–H and O–H groups in total. The molecule has 3 nitrogen and oxygen atoms in total. The maximum atomic E-state index is 13.3. The summed E-state index contributed by atoms with van der Waals surface area (Å²) in [6.07, 6.45) is 0. The summed E-state index contributed by atoms with van der Waals surface area (Å²) < 4.78 is 18.2. The van der Waals surface area contributed by atoms with Crippen molar-refractivity contribution in [3.8, 4) is 5.75 Å². The van der Waals surface area contributed by atoms with Gasteiger partial charge in [-0.1, -0.05) is 0 Å². The van der Waals surface area contributed by atoms with Crippen LogP contribution >= 0.6 is 0 Å². The molecule has 14 heavy (non-hydrogen) atoms. The van der Waals surface area contributed by atoms with Gasteiger partial charge in [0.05, 0.1) is 6.61 Å². The van der Waals surface area contributed by atoms with Gasteiger partial charge < -0.3 is 9.84 Å². The second-order valence-electron chi connectivity index (χ2n) is 2.86. The molecule has 4 heteroatoms. The van der Waals surface area contributed by atoms with Crippen LogP contribution < -0.4 is 4.74 Å². The summed E-state index contributed by atoms with van der Waals surface area (Å²) in [6.45, 7) is 3.54. The van der Waals surface area contributed by atoms with Gasteiger partial charge in [0.1, 0.15) is 5.56 Å². The van der Waals surface area contributed by atoms with Crippen molar-refractivity contribution in [1.82, 2.24) is 0 Å². The van der Waals surface area contributed by atoms with Crippen LogP contribution in [0.3, 0.4) is 0 Å². The highest BCUT2D eigenvalue weighted by Gasteiger charge is 2.16. The zero-order chi connectivity index (χ0) is 10.7. The summed E-state index contributed by atoms with van der Waals surface area (Å²) in [7, 11) is 0. The Morgan fingerprint density at radius 2 is 2.21 bits per heavy atom. The molecule has 1 aromatic carbocycles. The minimum atomic E-state index is -1.18. The van der Waals surface area contributed by atoms with E-state index in [1.165, 1.54) is 12.1 Å². The lowest BCUT2D eigenvalue weighted by atomic mass is 10.1. The summed E-state index contributed by atoms with van der Waals surface area (Å²) >= 11 is 0. The van der Waals surface area contributed by atoms with E-state index in [-0.39, 0.29) is 17.9 Å². The summed E-state index contributed by atoms with van der Waals surface area (Å²) in [4.78, 5) is 10.8. The van der Waals surface area contributed by atoms with E-state index in [0.717, 1.165) is 0 Å². The Morgan fingerprint density at radius 1 is 1.57 bits per heavy atom. The van der Waals surface area contributed by atoms with E-state index in [1.807, 2.05) is 0 Å². The van der Waals surface area contributed by atoms with Gasteiger partial charge >= 0.3 is 5.97 Å². The lowest BCUT2D eigenvalue weighted by Gasteiger charge is -2.08. The summed E-state index contributed by atoms with van der Waals surface area (Å²) in [5.41, 5.74) is 0.424. The average Bonchev–Trinajstić information content (AvgIpc) is 2.09. The first-order valence-electron chi connectivity index (χ1n) is 4.22. The van der Waals surface area contributed by atoms with Crippen molar-refractivity contribution in [1.29, 1.82) is 0 Å². The van der Waals surface area contributed by atoms with Gasteiger partial charge in [-0.05, 0) is 31.5 Å². The number of halogens is 1. The summed E-state index contributed by atoms with van der Waals surface area (Å²) in [6, 6.07) is 2.63. The van der Waals surface area contributed by atoms with E-state index in [4.69, 9.17) is 9.84 Å². The fourth-order valence-corrected chi connectivity index (χ4v) is 1.18. The summed E-state index contributed by atoms with van der Waals surface area (Å²) in [5, 5.41) is 8.79. The number of hydrogen-bond acceptors (Lipinski definition) is 2. The molecule has 0 saturated carbocycles. The van der Waals surface area contributed by atoms with Gasteiger partial charge in [0, 0.05) is 0 Å². The number of hydrogen-bond donors (Lipinski definition) is 1. The van der Waals surface area contributed by atoms with Crippen molar-refractivity contribution < 1.29 is 19.0 Å². The van der Waals surface area contributed by atoms with Crippen molar-refractivity contribution in [2.24, 2.45) is 0 Å². The molecule has 76 valence electrons. The van der Waals surface area contributed by atoms with Crippen molar-refractivity contribution in [2.45, 2.75) is 13.8 Å². The molecule has 0 aliphatic carbocycles. The highest BCUT2D eigenvalue weighted by molar-refractivity contribution is 5.91. The van der Waals surface area contributed by atoms with Crippen LogP contribution in [-0.2, 0) is 0 Å². The molecular formula is C10H11FO3. The first-order valence-corrected chi connectivity index (χ1v) is 4.22. The predicted octanol–water partition coefficient (Wildman–Crippen LogP) is 2.23. The van der Waals surface area contributed by atoms with Crippen molar-refractivity contribution in [3.05, 3.63) is 29.1 Å². The molecule has 1 aromatic rings. The molecular weight excluding hydrogens is 187 g/mol. The van der Waals surface area contributed by atoms with Crippen molar-refractivity contribution >= 4 is 5.97 Å². The standard InChI is InChI=1S/C10H11FO3/c1-3-14-9-7(10(12)13)4-6(2)5-8(9)11/h4-5H,3H2,1-2H3,(H,12,13). The van der Waals surface area contributed by atoms with Crippen LogP contribution in [0.2, 0.25) is 0 Å². The van der Waals surface area contributed by atoms with Gasteiger partial charge in [0.2, 0.25) is 0 Å². The van der Waals surface area contributed by atoms with Gasteiger partial charge in [0.15, 0.2) is 11.6 Å². The van der Waals surface area contributed by atoms with Crippen molar-refractivity contribution in [2.75, 3.05) is 6.61 Å². The average molecular weight is 198 g/mol. The van der Waals surface area contributed by atoms with Gasteiger partial charge in [0.25, 0.3) is 0 Å². The fourth-order valence-electron chi connectivity index (χ4n) is 1.18. The second-order valence-corrected chi connectivity index (χ2v) is 2.86. The maximum Gasteiger partial charge on any atom is 0.339 e.